The van der Waals surface area contributed by atoms with Crippen LogP contribution in [0.3, 0.4) is 0 Å². The Morgan fingerprint density at radius 2 is 1.88 bits per heavy atom. The van der Waals surface area contributed by atoms with E-state index in [1.807, 2.05) is 13.0 Å². The molecule has 0 spiro atoms. The molecule has 126 valence electrons. The van der Waals surface area contributed by atoms with Crippen LogP contribution in [0.4, 0.5) is 0 Å². The molecule has 0 saturated heterocycles. The highest BCUT2D eigenvalue weighted by Gasteiger charge is 2.20. The highest BCUT2D eigenvalue weighted by atomic mass is 28.3. The van der Waals surface area contributed by atoms with E-state index >= 15 is 0 Å². The quantitative estimate of drug-likeness (QED) is 0.594. The van der Waals surface area contributed by atoms with Crippen molar-refractivity contribution < 1.29 is 8.84 Å². The SMILES string of the molecule is Cc1nc2cc(C(C)(C)C)ccc2c(-c2ccoc2)c1O[SiH](C)C. The largest absolute Gasteiger partial charge is 0.545 e. The second kappa shape index (κ2) is 6.09. The first kappa shape index (κ1) is 16.8. The molecule has 0 N–H and O–H groups in total. The van der Waals surface area contributed by atoms with Crippen molar-refractivity contribution in [2.45, 2.75) is 46.2 Å². The fourth-order valence-electron chi connectivity index (χ4n) is 2.91. The monoisotopic (exact) mass is 339 g/mol. The zero-order valence-electron chi connectivity index (χ0n) is 15.3. The maximum atomic E-state index is 6.24. The van der Waals surface area contributed by atoms with Gasteiger partial charge in [-0.1, -0.05) is 32.9 Å². The molecule has 0 saturated carbocycles. The molecule has 3 rings (SSSR count). The van der Waals surface area contributed by atoms with Crippen molar-refractivity contribution >= 4 is 19.9 Å². The van der Waals surface area contributed by atoms with Gasteiger partial charge in [-0.15, -0.1) is 0 Å². The van der Waals surface area contributed by atoms with E-state index < -0.39 is 9.04 Å². The van der Waals surface area contributed by atoms with Crippen LogP contribution in [0.5, 0.6) is 5.75 Å². The van der Waals surface area contributed by atoms with Gasteiger partial charge >= 0.3 is 0 Å². The molecule has 0 amide bonds. The molecular formula is C20H25NO2Si. The van der Waals surface area contributed by atoms with Gasteiger partial charge in [-0.05, 0) is 43.1 Å². The van der Waals surface area contributed by atoms with E-state index in [0.717, 1.165) is 33.5 Å². The molecule has 3 aromatic rings. The van der Waals surface area contributed by atoms with E-state index in [9.17, 15) is 0 Å². The average Bonchev–Trinajstić information content (AvgIpc) is 3.00. The van der Waals surface area contributed by atoms with Crippen LogP contribution in [0.1, 0.15) is 32.0 Å². The topological polar surface area (TPSA) is 35.3 Å². The first-order chi connectivity index (χ1) is 11.3. The summed E-state index contributed by atoms with van der Waals surface area (Å²) in [5, 5.41) is 1.11. The van der Waals surface area contributed by atoms with Crippen LogP contribution in [0.25, 0.3) is 22.0 Å². The van der Waals surface area contributed by atoms with E-state index in [-0.39, 0.29) is 5.41 Å². The van der Waals surface area contributed by atoms with Gasteiger partial charge in [0.25, 0.3) is 0 Å². The van der Waals surface area contributed by atoms with Crippen LogP contribution in [0, 0.1) is 6.92 Å². The first-order valence-corrected chi connectivity index (χ1v) is 11.2. The third kappa shape index (κ3) is 3.11. The Labute approximate surface area is 145 Å². The average molecular weight is 340 g/mol. The molecule has 0 aliphatic carbocycles. The summed E-state index contributed by atoms with van der Waals surface area (Å²) in [6.07, 6.45) is 3.48. The number of rotatable bonds is 3. The summed E-state index contributed by atoms with van der Waals surface area (Å²) in [6.45, 7) is 13.0. The van der Waals surface area contributed by atoms with Gasteiger partial charge < -0.3 is 8.84 Å². The number of furan rings is 1. The lowest BCUT2D eigenvalue weighted by Crippen LogP contribution is -2.14. The zero-order chi connectivity index (χ0) is 17.5. The van der Waals surface area contributed by atoms with E-state index in [1.54, 1.807) is 12.5 Å². The van der Waals surface area contributed by atoms with Gasteiger partial charge in [0.1, 0.15) is 5.75 Å². The molecule has 0 unspecified atom stereocenters. The van der Waals surface area contributed by atoms with E-state index in [0.29, 0.717) is 0 Å². The van der Waals surface area contributed by atoms with Crippen molar-refractivity contribution in [2.75, 3.05) is 0 Å². The minimum Gasteiger partial charge on any atom is -0.545 e. The second-order valence-electron chi connectivity index (χ2n) is 7.56. The van der Waals surface area contributed by atoms with Crippen LogP contribution in [0.15, 0.2) is 41.2 Å². The summed E-state index contributed by atoms with van der Waals surface area (Å²) in [7, 11) is -1.25. The highest BCUT2D eigenvalue weighted by molar-refractivity contribution is 6.49. The predicted molar refractivity (Wildman–Crippen MR) is 102 cm³/mol. The minimum atomic E-state index is -1.25. The molecule has 0 fully saturated rings. The fraction of sp³-hybridized carbons (Fsp3) is 0.350. The lowest BCUT2D eigenvalue weighted by atomic mass is 9.86. The molecule has 0 atom stereocenters. The Balaban J connectivity index is 2.32. The molecule has 3 nitrogen and oxygen atoms in total. The lowest BCUT2D eigenvalue weighted by Gasteiger charge is -2.21. The van der Waals surface area contributed by atoms with Gasteiger partial charge in [0.05, 0.1) is 23.7 Å². The van der Waals surface area contributed by atoms with Gasteiger partial charge in [0, 0.05) is 16.5 Å². The number of aromatic nitrogens is 1. The van der Waals surface area contributed by atoms with Crippen LogP contribution < -0.4 is 4.43 Å². The second-order valence-corrected chi connectivity index (χ2v) is 9.90. The van der Waals surface area contributed by atoms with Gasteiger partial charge in [-0.2, -0.15) is 0 Å². The maximum Gasteiger partial charge on any atom is 0.229 e. The van der Waals surface area contributed by atoms with Gasteiger partial charge in [0.2, 0.25) is 9.04 Å². The number of nitrogens with zero attached hydrogens (tertiary/aromatic N) is 1. The van der Waals surface area contributed by atoms with Crippen molar-refractivity contribution in [3.05, 3.63) is 48.0 Å². The standard InChI is InChI=1S/C20H25NO2Si/c1-13-19(23-24(5)6)18(14-9-10-22-12-14)16-8-7-15(20(2,3)4)11-17(16)21-13/h7-12,24H,1-6H3. The summed E-state index contributed by atoms with van der Waals surface area (Å²) >= 11 is 0. The van der Waals surface area contributed by atoms with Crippen molar-refractivity contribution in [2.24, 2.45) is 0 Å². The summed E-state index contributed by atoms with van der Waals surface area (Å²) in [5.41, 5.74) is 5.46. The van der Waals surface area contributed by atoms with Crippen molar-refractivity contribution in [3.63, 3.8) is 0 Å². The molecule has 0 bridgehead atoms. The summed E-state index contributed by atoms with van der Waals surface area (Å²) in [5.74, 6) is 0.897. The Bertz CT molecular complexity index is 861. The van der Waals surface area contributed by atoms with Crippen LogP contribution in [0.2, 0.25) is 13.1 Å². The molecule has 1 aromatic carbocycles. The van der Waals surface area contributed by atoms with E-state index in [4.69, 9.17) is 13.8 Å². The van der Waals surface area contributed by atoms with Crippen molar-refractivity contribution in [1.29, 1.82) is 0 Å². The molecule has 24 heavy (non-hydrogen) atoms. The summed E-state index contributed by atoms with van der Waals surface area (Å²) in [4.78, 5) is 4.84. The smallest absolute Gasteiger partial charge is 0.229 e. The number of fused-ring (bicyclic) bond motifs is 1. The van der Waals surface area contributed by atoms with Crippen molar-refractivity contribution in [1.82, 2.24) is 4.98 Å². The van der Waals surface area contributed by atoms with Gasteiger partial charge in [-0.3, -0.25) is 0 Å². The predicted octanol–water partition coefficient (Wildman–Crippen LogP) is 5.46. The molecular weight excluding hydrogens is 314 g/mol. The fourth-order valence-corrected chi connectivity index (χ4v) is 3.67. The normalized spacial score (nSPS) is 12.1. The van der Waals surface area contributed by atoms with Crippen LogP contribution in [-0.2, 0) is 5.41 Å². The third-order valence-electron chi connectivity index (χ3n) is 4.14. The molecule has 2 aromatic heterocycles. The molecule has 4 heteroatoms. The first-order valence-electron chi connectivity index (χ1n) is 8.41. The number of aryl methyl sites for hydroxylation is 1. The Morgan fingerprint density at radius 3 is 2.46 bits per heavy atom. The van der Waals surface area contributed by atoms with Gasteiger partial charge in [-0.25, -0.2) is 4.98 Å². The Kier molecular flexibility index (Phi) is 4.26. The molecule has 0 aliphatic rings. The summed E-state index contributed by atoms with van der Waals surface area (Å²) in [6, 6.07) is 8.54. The van der Waals surface area contributed by atoms with Crippen LogP contribution >= 0.6 is 0 Å². The zero-order valence-corrected chi connectivity index (χ0v) is 16.5. The minimum absolute atomic E-state index is 0.0968. The van der Waals surface area contributed by atoms with Crippen LogP contribution in [-0.4, -0.2) is 14.0 Å². The number of benzene rings is 1. The Hall–Kier alpha value is -2.07. The molecule has 2 heterocycles. The number of hydrogen-bond acceptors (Lipinski definition) is 3. The summed E-state index contributed by atoms with van der Waals surface area (Å²) < 4.78 is 11.6. The van der Waals surface area contributed by atoms with E-state index in [2.05, 4.69) is 52.1 Å². The maximum absolute atomic E-state index is 6.24. The number of hydrogen-bond donors (Lipinski definition) is 0. The number of pyridine rings is 1. The lowest BCUT2D eigenvalue weighted by molar-refractivity contribution is 0.565. The van der Waals surface area contributed by atoms with E-state index in [1.165, 1.54) is 5.56 Å². The van der Waals surface area contributed by atoms with Gasteiger partial charge in [0.15, 0.2) is 0 Å². The third-order valence-corrected chi connectivity index (χ3v) is 4.85. The van der Waals surface area contributed by atoms with Crippen molar-refractivity contribution in [3.8, 4) is 16.9 Å². The molecule has 0 aliphatic heterocycles. The molecule has 0 radical (unpaired) electrons. The Morgan fingerprint density at radius 1 is 1.12 bits per heavy atom. The highest BCUT2D eigenvalue weighted by Crippen LogP contribution is 2.40.